The summed E-state index contributed by atoms with van der Waals surface area (Å²) in [4.78, 5) is 0. The summed E-state index contributed by atoms with van der Waals surface area (Å²) in [6.45, 7) is 4.06. The summed E-state index contributed by atoms with van der Waals surface area (Å²) in [5, 5.41) is 11.2. The van der Waals surface area contributed by atoms with Gasteiger partial charge in [0.25, 0.3) is 0 Å². The van der Waals surface area contributed by atoms with Crippen LogP contribution < -0.4 is 0 Å². The van der Waals surface area contributed by atoms with Crippen LogP contribution in [0.15, 0.2) is 48.5 Å². The van der Waals surface area contributed by atoms with Crippen molar-refractivity contribution in [2.45, 2.75) is 13.8 Å². The van der Waals surface area contributed by atoms with E-state index in [4.69, 9.17) is 34.8 Å². The average molecular weight is 402 g/mol. The topological polar surface area (TPSA) is 28.7 Å². The number of rotatable bonds is 3. The molecule has 0 fully saturated rings. The van der Waals surface area contributed by atoms with Crippen molar-refractivity contribution in [2.75, 3.05) is 0 Å². The minimum absolute atomic E-state index is 0.428. The highest BCUT2D eigenvalue weighted by atomic mass is 35.5. The van der Waals surface area contributed by atoms with Crippen molar-refractivity contribution >= 4 is 46.5 Å². The second-order valence-electron chi connectivity index (χ2n) is 5.94. The van der Waals surface area contributed by atoms with Crippen LogP contribution in [0, 0.1) is 25.2 Å². The fourth-order valence-electron chi connectivity index (χ4n) is 2.92. The van der Waals surface area contributed by atoms with Crippen molar-refractivity contribution in [3.8, 4) is 11.8 Å². The third kappa shape index (κ3) is 3.66. The Balaban J connectivity index is 2.08. The Kier molecular flexibility index (Phi) is 5.44. The molecule has 0 aliphatic rings. The molecule has 0 saturated heterocycles. The minimum atomic E-state index is 0.428. The molecule has 0 atom stereocenters. The summed E-state index contributed by atoms with van der Waals surface area (Å²) < 4.78 is 2.13. The molecule has 2 aromatic carbocycles. The summed E-state index contributed by atoms with van der Waals surface area (Å²) in [6, 6.07) is 17.2. The Bertz CT molecular complexity index is 1040. The zero-order valence-corrected chi connectivity index (χ0v) is 16.5. The second kappa shape index (κ2) is 7.60. The quantitative estimate of drug-likeness (QED) is 0.429. The molecule has 1 aromatic heterocycles. The van der Waals surface area contributed by atoms with Gasteiger partial charge in [0, 0.05) is 22.1 Å². The van der Waals surface area contributed by atoms with Crippen LogP contribution in [0.5, 0.6) is 0 Å². The zero-order chi connectivity index (χ0) is 18.8. The minimum Gasteiger partial charge on any atom is -0.318 e. The summed E-state index contributed by atoms with van der Waals surface area (Å²) >= 11 is 18.0. The van der Waals surface area contributed by atoms with Gasteiger partial charge in [-0.25, -0.2) is 0 Å². The molecule has 2 nitrogen and oxygen atoms in total. The van der Waals surface area contributed by atoms with Crippen LogP contribution in [-0.2, 0) is 0 Å². The van der Waals surface area contributed by atoms with E-state index in [0.29, 0.717) is 20.6 Å². The van der Waals surface area contributed by atoms with Crippen LogP contribution in [0.1, 0.15) is 22.5 Å². The van der Waals surface area contributed by atoms with Crippen molar-refractivity contribution in [1.29, 1.82) is 5.26 Å². The number of hydrogen-bond donors (Lipinski definition) is 0. The highest BCUT2D eigenvalue weighted by Crippen LogP contribution is 2.29. The van der Waals surface area contributed by atoms with Gasteiger partial charge < -0.3 is 4.57 Å². The molecule has 3 rings (SSSR count). The SMILES string of the molecule is Cc1cc(/C=C(/C#N)c2ccc(Cl)c(Cl)c2)c(C)n1-c1ccc(Cl)cc1. The maximum Gasteiger partial charge on any atom is 0.0998 e. The first kappa shape index (κ1) is 18.6. The summed E-state index contributed by atoms with van der Waals surface area (Å²) in [7, 11) is 0. The lowest BCUT2D eigenvalue weighted by Crippen LogP contribution is -1.98. The van der Waals surface area contributed by atoms with Crippen molar-refractivity contribution in [1.82, 2.24) is 4.57 Å². The molecule has 5 heteroatoms. The molecule has 0 radical (unpaired) electrons. The van der Waals surface area contributed by atoms with E-state index in [1.165, 1.54) is 0 Å². The fraction of sp³-hybridized carbons (Fsp3) is 0.0952. The number of benzene rings is 2. The second-order valence-corrected chi connectivity index (χ2v) is 7.19. The predicted octanol–water partition coefficient (Wildman–Crippen LogP) is 7.12. The Labute approximate surface area is 167 Å². The summed E-state index contributed by atoms with van der Waals surface area (Å²) in [5.41, 5.74) is 5.37. The molecule has 1 heterocycles. The van der Waals surface area contributed by atoms with E-state index < -0.39 is 0 Å². The van der Waals surface area contributed by atoms with E-state index in [9.17, 15) is 5.26 Å². The monoisotopic (exact) mass is 400 g/mol. The van der Waals surface area contributed by atoms with E-state index in [0.717, 1.165) is 28.2 Å². The van der Waals surface area contributed by atoms with Crippen molar-refractivity contribution < 1.29 is 0 Å². The van der Waals surface area contributed by atoms with E-state index in [1.54, 1.807) is 18.2 Å². The average Bonchev–Trinajstić information content (AvgIpc) is 2.90. The third-order valence-electron chi connectivity index (χ3n) is 4.21. The standard InChI is InChI=1S/C21H15Cl3N2/c1-13-9-16(14(2)26(13)19-6-4-18(22)5-7-19)10-17(12-25)15-3-8-20(23)21(24)11-15/h3-11H,1-2H3/b17-10-. The molecule has 0 aliphatic heterocycles. The Morgan fingerprint density at radius 3 is 2.27 bits per heavy atom. The van der Waals surface area contributed by atoms with Gasteiger partial charge in [-0.1, -0.05) is 40.9 Å². The van der Waals surface area contributed by atoms with Gasteiger partial charge in [-0.05, 0) is 73.5 Å². The number of hydrogen-bond acceptors (Lipinski definition) is 1. The first-order valence-electron chi connectivity index (χ1n) is 7.93. The molecule has 0 aliphatic carbocycles. The van der Waals surface area contributed by atoms with Crippen LogP contribution in [0.2, 0.25) is 15.1 Å². The van der Waals surface area contributed by atoms with E-state index in [-0.39, 0.29) is 0 Å². The Hall–Kier alpha value is -2.18. The van der Waals surface area contributed by atoms with Crippen LogP contribution >= 0.6 is 34.8 Å². The highest BCUT2D eigenvalue weighted by Gasteiger charge is 2.11. The maximum absolute atomic E-state index is 9.60. The van der Waals surface area contributed by atoms with E-state index in [2.05, 4.69) is 16.7 Å². The van der Waals surface area contributed by atoms with Crippen molar-refractivity contribution in [3.05, 3.63) is 86.1 Å². The molecule has 0 unspecified atom stereocenters. The van der Waals surface area contributed by atoms with Crippen LogP contribution in [0.4, 0.5) is 0 Å². The van der Waals surface area contributed by atoms with Gasteiger partial charge >= 0.3 is 0 Å². The third-order valence-corrected chi connectivity index (χ3v) is 5.20. The number of nitrogens with zero attached hydrogens (tertiary/aromatic N) is 2. The Morgan fingerprint density at radius 1 is 0.962 bits per heavy atom. The normalized spacial score (nSPS) is 11.5. The summed E-state index contributed by atoms with van der Waals surface area (Å²) in [6.07, 6.45) is 1.87. The van der Waals surface area contributed by atoms with Gasteiger partial charge in [-0.3, -0.25) is 0 Å². The largest absolute Gasteiger partial charge is 0.318 e. The lowest BCUT2D eigenvalue weighted by Gasteiger charge is -2.09. The number of nitriles is 1. The molecular weight excluding hydrogens is 387 g/mol. The summed E-state index contributed by atoms with van der Waals surface area (Å²) in [5.74, 6) is 0. The van der Waals surface area contributed by atoms with Gasteiger partial charge in [0.15, 0.2) is 0 Å². The molecule has 0 N–H and O–H groups in total. The molecule has 0 bridgehead atoms. The van der Waals surface area contributed by atoms with Gasteiger partial charge in [-0.2, -0.15) is 5.26 Å². The lowest BCUT2D eigenvalue weighted by molar-refractivity contribution is 0.964. The molecular formula is C21H15Cl3N2. The van der Waals surface area contributed by atoms with Gasteiger partial charge in [0.1, 0.15) is 0 Å². The van der Waals surface area contributed by atoms with Gasteiger partial charge in [0.05, 0.1) is 21.7 Å². The molecule has 130 valence electrons. The zero-order valence-electron chi connectivity index (χ0n) is 14.2. The molecule has 0 saturated carbocycles. The number of allylic oxidation sites excluding steroid dienone is 1. The molecule has 3 aromatic rings. The van der Waals surface area contributed by atoms with Crippen LogP contribution in [0.3, 0.4) is 0 Å². The lowest BCUT2D eigenvalue weighted by atomic mass is 10.0. The van der Waals surface area contributed by atoms with Crippen LogP contribution in [0.25, 0.3) is 17.3 Å². The molecule has 26 heavy (non-hydrogen) atoms. The number of aromatic nitrogens is 1. The molecule has 0 spiro atoms. The fourth-order valence-corrected chi connectivity index (χ4v) is 3.34. The smallest absolute Gasteiger partial charge is 0.0998 e. The maximum atomic E-state index is 9.60. The van der Waals surface area contributed by atoms with Crippen molar-refractivity contribution in [2.24, 2.45) is 0 Å². The van der Waals surface area contributed by atoms with Gasteiger partial charge in [-0.15, -0.1) is 0 Å². The molecule has 0 amide bonds. The predicted molar refractivity (Wildman–Crippen MR) is 110 cm³/mol. The number of aryl methyl sites for hydroxylation is 1. The highest BCUT2D eigenvalue weighted by molar-refractivity contribution is 6.42. The van der Waals surface area contributed by atoms with E-state index in [1.807, 2.05) is 44.2 Å². The first-order valence-corrected chi connectivity index (χ1v) is 9.06. The first-order chi connectivity index (χ1) is 12.4. The van der Waals surface area contributed by atoms with E-state index >= 15 is 0 Å². The Morgan fingerprint density at radius 2 is 1.65 bits per heavy atom. The van der Waals surface area contributed by atoms with Gasteiger partial charge in [0.2, 0.25) is 0 Å². The number of halogens is 3. The van der Waals surface area contributed by atoms with Crippen molar-refractivity contribution in [3.63, 3.8) is 0 Å². The van der Waals surface area contributed by atoms with Crippen LogP contribution in [-0.4, -0.2) is 4.57 Å².